The van der Waals surface area contributed by atoms with Crippen LogP contribution in [0, 0.1) is 0 Å². The third-order valence-corrected chi connectivity index (χ3v) is 1.86. The number of hydrogen-bond donors (Lipinski definition) is 3. The van der Waals surface area contributed by atoms with Gasteiger partial charge in [-0.2, -0.15) is 0 Å². The van der Waals surface area contributed by atoms with Crippen molar-refractivity contribution >= 4 is 11.6 Å². The van der Waals surface area contributed by atoms with Crippen molar-refractivity contribution in [3.05, 3.63) is 18.2 Å². The molecule has 4 N–H and O–H groups in total. The first-order valence-corrected chi connectivity index (χ1v) is 4.48. The molecule has 0 aliphatic carbocycles. The zero-order chi connectivity index (χ0) is 11.4. The molecule has 0 aliphatic heterocycles. The predicted octanol–water partition coefficient (Wildman–Crippen LogP) is 0.686. The van der Waals surface area contributed by atoms with Crippen molar-refractivity contribution in [2.24, 2.45) is 5.73 Å². The van der Waals surface area contributed by atoms with Crippen molar-refractivity contribution in [1.82, 2.24) is 0 Å². The number of nitrogens with one attached hydrogen (secondary N) is 1. The number of rotatable bonds is 3. The second-order valence-corrected chi connectivity index (χ2v) is 3.16. The molecule has 1 aromatic rings. The average Bonchev–Trinajstić information content (AvgIpc) is 2.18. The van der Waals surface area contributed by atoms with E-state index in [0.29, 0.717) is 11.4 Å². The first-order chi connectivity index (χ1) is 7.04. The Morgan fingerprint density at radius 2 is 2.27 bits per heavy atom. The van der Waals surface area contributed by atoms with Gasteiger partial charge in [-0.15, -0.1) is 0 Å². The number of phenols is 1. The van der Waals surface area contributed by atoms with Gasteiger partial charge in [0.1, 0.15) is 0 Å². The summed E-state index contributed by atoms with van der Waals surface area (Å²) in [5, 5.41) is 12.0. The van der Waals surface area contributed by atoms with Crippen LogP contribution in [0.25, 0.3) is 0 Å². The van der Waals surface area contributed by atoms with Crippen LogP contribution in [0.15, 0.2) is 18.2 Å². The van der Waals surface area contributed by atoms with Gasteiger partial charge in [0.2, 0.25) is 5.91 Å². The van der Waals surface area contributed by atoms with E-state index < -0.39 is 6.04 Å². The lowest BCUT2D eigenvalue weighted by molar-refractivity contribution is -0.117. The fraction of sp³-hybridized carbons (Fsp3) is 0.300. The maximum atomic E-state index is 11.2. The Morgan fingerprint density at radius 1 is 1.60 bits per heavy atom. The first kappa shape index (κ1) is 11.3. The van der Waals surface area contributed by atoms with Crippen LogP contribution in [-0.4, -0.2) is 24.2 Å². The van der Waals surface area contributed by atoms with Crippen LogP contribution in [0.2, 0.25) is 0 Å². The molecule has 1 amide bonds. The molecule has 0 saturated heterocycles. The van der Waals surface area contributed by atoms with Crippen molar-refractivity contribution < 1.29 is 14.6 Å². The van der Waals surface area contributed by atoms with Crippen molar-refractivity contribution in [2.75, 3.05) is 12.4 Å². The summed E-state index contributed by atoms with van der Waals surface area (Å²) in [6.45, 7) is 1.58. The molecule has 0 aromatic heterocycles. The lowest BCUT2D eigenvalue weighted by atomic mass is 10.2. The van der Waals surface area contributed by atoms with Crippen LogP contribution in [0.1, 0.15) is 6.92 Å². The molecule has 0 unspecified atom stereocenters. The number of hydrogen-bond acceptors (Lipinski definition) is 4. The fourth-order valence-electron chi connectivity index (χ4n) is 1.02. The van der Waals surface area contributed by atoms with Gasteiger partial charge in [0.15, 0.2) is 11.5 Å². The number of benzene rings is 1. The monoisotopic (exact) mass is 210 g/mol. The highest BCUT2D eigenvalue weighted by Crippen LogP contribution is 2.28. The van der Waals surface area contributed by atoms with Gasteiger partial charge in [-0.25, -0.2) is 0 Å². The molecule has 15 heavy (non-hydrogen) atoms. The van der Waals surface area contributed by atoms with E-state index in [0.717, 1.165) is 0 Å². The van der Waals surface area contributed by atoms with Gasteiger partial charge in [-0.1, -0.05) is 0 Å². The Bertz CT molecular complexity index is 364. The van der Waals surface area contributed by atoms with E-state index in [9.17, 15) is 9.90 Å². The van der Waals surface area contributed by atoms with E-state index in [1.165, 1.54) is 13.2 Å². The fourth-order valence-corrected chi connectivity index (χ4v) is 1.02. The molecule has 82 valence electrons. The third kappa shape index (κ3) is 2.85. The van der Waals surface area contributed by atoms with Gasteiger partial charge in [-0.05, 0) is 19.1 Å². The topological polar surface area (TPSA) is 84.6 Å². The molecular formula is C10H14N2O3. The molecule has 1 aromatic carbocycles. The SMILES string of the molecule is COc1ccc(NC(=O)[C@@H](C)N)cc1O. The molecule has 0 fully saturated rings. The Labute approximate surface area is 87.9 Å². The molecule has 0 saturated carbocycles. The lowest BCUT2D eigenvalue weighted by Gasteiger charge is -2.09. The summed E-state index contributed by atoms with van der Waals surface area (Å²) in [4.78, 5) is 11.2. The quantitative estimate of drug-likeness (QED) is 0.685. The van der Waals surface area contributed by atoms with Crippen molar-refractivity contribution in [2.45, 2.75) is 13.0 Å². The van der Waals surface area contributed by atoms with Gasteiger partial charge in [-0.3, -0.25) is 4.79 Å². The highest BCUT2D eigenvalue weighted by molar-refractivity contribution is 5.94. The second kappa shape index (κ2) is 4.65. The summed E-state index contributed by atoms with van der Waals surface area (Å²) in [7, 11) is 1.45. The number of ether oxygens (including phenoxy) is 1. The maximum Gasteiger partial charge on any atom is 0.241 e. The zero-order valence-corrected chi connectivity index (χ0v) is 8.65. The summed E-state index contributed by atoms with van der Waals surface area (Å²) < 4.78 is 4.86. The van der Waals surface area contributed by atoms with E-state index in [-0.39, 0.29) is 11.7 Å². The average molecular weight is 210 g/mol. The highest BCUT2D eigenvalue weighted by Gasteiger charge is 2.09. The van der Waals surface area contributed by atoms with Gasteiger partial charge in [0, 0.05) is 11.8 Å². The van der Waals surface area contributed by atoms with Crippen LogP contribution in [-0.2, 0) is 4.79 Å². The molecule has 0 bridgehead atoms. The smallest absolute Gasteiger partial charge is 0.241 e. The molecule has 1 atom stereocenters. The van der Waals surface area contributed by atoms with Crippen molar-refractivity contribution in [3.63, 3.8) is 0 Å². The normalized spacial score (nSPS) is 11.9. The van der Waals surface area contributed by atoms with E-state index in [1.54, 1.807) is 19.1 Å². The minimum absolute atomic E-state index is 0.0278. The number of carbonyl (C=O) groups is 1. The second-order valence-electron chi connectivity index (χ2n) is 3.16. The lowest BCUT2D eigenvalue weighted by Crippen LogP contribution is -2.32. The van der Waals surface area contributed by atoms with Crippen LogP contribution >= 0.6 is 0 Å². The molecule has 1 rings (SSSR count). The van der Waals surface area contributed by atoms with Gasteiger partial charge in [0.05, 0.1) is 13.2 Å². The highest BCUT2D eigenvalue weighted by atomic mass is 16.5. The minimum atomic E-state index is -0.589. The zero-order valence-electron chi connectivity index (χ0n) is 8.65. The van der Waals surface area contributed by atoms with E-state index in [2.05, 4.69) is 5.32 Å². The van der Waals surface area contributed by atoms with Crippen LogP contribution in [0.4, 0.5) is 5.69 Å². The molecular weight excluding hydrogens is 196 g/mol. The van der Waals surface area contributed by atoms with Gasteiger partial charge >= 0.3 is 0 Å². The summed E-state index contributed by atoms with van der Waals surface area (Å²) in [5.74, 6) is 0.0216. The standard InChI is InChI=1S/C10H14N2O3/c1-6(11)10(14)12-7-3-4-9(15-2)8(13)5-7/h3-6,13H,11H2,1-2H3,(H,12,14)/t6-/m1/s1. The molecule has 0 spiro atoms. The van der Waals surface area contributed by atoms with Crippen LogP contribution in [0.3, 0.4) is 0 Å². The maximum absolute atomic E-state index is 11.2. The first-order valence-electron chi connectivity index (χ1n) is 4.48. The molecule has 5 heteroatoms. The number of methoxy groups -OCH3 is 1. The van der Waals surface area contributed by atoms with Gasteiger partial charge < -0.3 is 20.9 Å². The number of phenolic OH excluding ortho intramolecular Hbond substituents is 1. The van der Waals surface area contributed by atoms with E-state index in [1.807, 2.05) is 0 Å². The molecule has 0 heterocycles. The van der Waals surface area contributed by atoms with E-state index >= 15 is 0 Å². The summed E-state index contributed by atoms with van der Waals surface area (Å²) in [5.41, 5.74) is 5.86. The predicted molar refractivity (Wildman–Crippen MR) is 56.9 cm³/mol. The number of nitrogens with two attached hydrogens (primary N) is 1. The summed E-state index contributed by atoms with van der Waals surface area (Å²) >= 11 is 0. The molecule has 0 aliphatic rings. The molecule has 0 radical (unpaired) electrons. The largest absolute Gasteiger partial charge is 0.504 e. The summed E-state index contributed by atoms with van der Waals surface area (Å²) in [6.07, 6.45) is 0. The van der Waals surface area contributed by atoms with Crippen LogP contribution < -0.4 is 15.8 Å². The Balaban J connectivity index is 2.80. The van der Waals surface area contributed by atoms with Crippen molar-refractivity contribution in [3.8, 4) is 11.5 Å². The number of aromatic hydroxyl groups is 1. The molecule has 5 nitrogen and oxygen atoms in total. The minimum Gasteiger partial charge on any atom is -0.504 e. The van der Waals surface area contributed by atoms with Crippen molar-refractivity contribution in [1.29, 1.82) is 0 Å². The van der Waals surface area contributed by atoms with Gasteiger partial charge in [0.25, 0.3) is 0 Å². The number of carbonyl (C=O) groups excluding carboxylic acids is 1. The Hall–Kier alpha value is -1.75. The third-order valence-electron chi connectivity index (χ3n) is 1.86. The number of amides is 1. The van der Waals surface area contributed by atoms with E-state index in [4.69, 9.17) is 10.5 Å². The van der Waals surface area contributed by atoms with Crippen LogP contribution in [0.5, 0.6) is 11.5 Å². The summed E-state index contributed by atoms with van der Waals surface area (Å²) in [6, 6.07) is 4.00. The number of anilines is 1. The Morgan fingerprint density at radius 3 is 2.73 bits per heavy atom. The Kier molecular flexibility index (Phi) is 3.51.